The van der Waals surface area contributed by atoms with E-state index in [2.05, 4.69) is 15.0 Å². The summed E-state index contributed by atoms with van der Waals surface area (Å²) in [4.78, 5) is 15.2. The summed E-state index contributed by atoms with van der Waals surface area (Å²) < 4.78 is 40.2. The maximum atomic E-state index is 12.8. The fraction of sp³-hybridized carbons (Fsp3) is 0.643. The Morgan fingerprint density at radius 1 is 1.23 bits per heavy atom. The van der Waals surface area contributed by atoms with Crippen LogP contribution in [-0.2, 0) is 13.5 Å². The molecule has 0 radical (unpaired) electrons. The van der Waals surface area contributed by atoms with Crippen molar-refractivity contribution < 1.29 is 13.2 Å². The number of piperidine rings is 1. The van der Waals surface area contributed by atoms with E-state index in [-0.39, 0.29) is 12.8 Å². The Morgan fingerprint density at radius 3 is 2.50 bits per heavy atom. The third kappa shape index (κ3) is 2.62. The molecule has 1 aliphatic rings. The molecule has 120 valence electrons. The molecule has 1 fully saturated rings. The van der Waals surface area contributed by atoms with Crippen molar-refractivity contribution in [3.05, 3.63) is 12.2 Å². The molecule has 0 saturated carbocycles. The summed E-state index contributed by atoms with van der Waals surface area (Å²) in [7, 11) is 1.85. The second-order valence-electron chi connectivity index (χ2n) is 5.65. The zero-order valence-corrected chi connectivity index (χ0v) is 12.6. The van der Waals surface area contributed by atoms with Crippen molar-refractivity contribution in [1.82, 2.24) is 19.5 Å². The first kappa shape index (κ1) is 15.1. The fourth-order valence-electron chi connectivity index (χ4n) is 2.83. The molecule has 0 N–H and O–H groups in total. The van der Waals surface area contributed by atoms with Crippen LogP contribution in [0.1, 0.15) is 25.6 Å². The third-order valence-electron chi connectivity index (χ3n) is 4.16. The van der Waals surface area contributed by atoms with Gasteiger partial charge in [-0.3, -0.25) is 0 Å². The van der Waals surface area contributed by atoms with Crippen molar-refractivity contribution in [3.8, 4) is 0 Å². The molecular formula is C14H18F3N5. The molecule has 22 heavy (non-hydrogen) atoms. The molecular weight excluding hydrogens is 295 g/mol. The highest BCUT2D eigenvalue weighted by Crippen LogP contribution is 2.36. The molecule has 2 aromatic rings. The van der Waals surface area contributed by atoms with Crippen LogP contribution in [0.15, 0.2) is 6.33 Å². The van der Waals surface area contributed by atoms with Crippen LogP contribution < -0.4 is 4.90 Å². The average Bonchev–Trinajstić information content (AvgIpc) is 2.87. The lowest BCUT2D eigenvalue weighted by Gasteiger charge is -2.33. The number of halogens is 3. The Hall–Kier alpha value is -1.86. The minimum Gasteiger partial charge on any atom is -0.355 e. The van der Waals surface area contributed by atoms with Crippen LogP contribution in [0.5, 0.6) is 0 Å². The molecule has 3 rings (SSSR count). The SMILES string of the molecule is CCc1nc(N2CCC(C(F)(F)F)CC2)c2ncn(C)c2n1. The Labute approximate surface area is 126 Å². The van der Waals surface area contributed by atoms with Gasteiger partial charge in [0.25, 0.3) is 0 Å². The van der Waals surface area contributed by atoms with Crippen molar-refractivity contribution in [3.63, 3.8) is 0 Å². The lowest BCUT2D eigenvalue weighted by molar-refractivity contribution is -0.179. The van der Waals surface area contributed by atoms with Gasteiger partial charge < -0.3 is 9.47 Å². The molecule has 0 bridgehead atoms. The lowest BCUT2D eigenvalue weighted by atomic mass is 9.96. The van der Waals surface area contributed by atoms with Crippen molar-refractivity contribution in [2.75, 3.05) is 18.0 Å². The number of anilines is 1. The molecule has 0 atom stereocenters. The van der Waals surface area contributed by atoms with Gasteiger partial charge in [0.1, 0.15) is 5.82 Å². The van der Waals surface area contributed by atoms with Gasteiger partial charge in [0.15, 0.2) is 17.0 Å². The zero-order chi connectivity index (χ0) is 15.9. The molecule has 0 spiro atoms. The van der Waals surface area contributed by atoms with Gasteiger partial charge in [-0.25, -0.2) is 15.0 Å². The summed E-state index contributed by atoms with van der Waals surface area (Å²) in [5.74, 6) is 0.127. The monoisotopic (exact) mass is 313 g/mol. The smallest absolute Gasteiger partial charge is 0.355 e. The highest BCUT2D eigenvalue weighted by Gasteiger charge is 2.41. The number of hydrogen-bond acceptors (Lipinski definition) is 4. The van der Waals surface area contributed by atoms with E-state index >= 15 is 0 Å². The minimum absolute atomic E-state index is 0.100. The van der Waals surface area contributed by atoms with Crippen LogP contribution in [0.25, 0.3) is 11.2 Å². The summed E-state index contributed by atoms with van der Waals surface area (Å²) in [6.07, 6.45) is -1.57. The Balaban J connectivity index is 1.91. The van der Waals surface area contributed by atoms with E-state index in [4.69, 9.17) is 0 Å². The summed E-state index contributed by atoms with van der Waals surface area (Å²) in [6.45, 7) is 2.64. The van der Waals surface area contributed by atoms with E-state index in [0.29, 0.717) is 36.7 Å². The minimum atomic E-state index is -4.10. The normalized spacial score (nSPS) is 17.4. The third-order valence-corrected chi connectivity index (χ3v) is 4.16. The fourth-order valence-corrected chi connectivity index (χ4v) is 2.83. The number of alkyl halides is 3. The summed E-state index contributed by atoms with van der Waals surface area (Å²) in [5, 5.41) is 0. The van der Waals surface area contributed by atoms with Crippen LogP contribution in [0.4, 0.5) is 19.0 Å². The molecule has 0 amide bonds. The molecule has 0 aliphatic carbocycles. The van der Waals surface area contributed by atoms with Crippen molar-refractivity contribution >= 4 is 17.0 Å². The number of aryl methyl sites for hydroxylation is 2. The van der Waals surface area contributed by atoms with Crippen molar-refractivity contribution in [2.24, 2.45) is 13.0 Å². The van der Waals surface area contributed by atoms with Crippen molar-refractivity contribution in [2.45, 2.75) is 32.4 Å². The molecule has 5 nitrogen and oxygen atoms in total. The predicted molar refractivity (Wildman–Crippen MR) is 76.7 cm³/mol. The molecule has 0 unspecified atom stereocenters. The first-order chi connectivity index (χ1) is 10.4. The zero-order valence-electron chi connectivity index (χ0n) is 12.6. The maximum absolute atomic E-state index is 12.8. The number of nitrogens with zero attached hydrogens (tertiary/aromatic N) is 5. The Morgan fingerprint density at radius 2 is 1.91 bits per heavy atom. The summed E-state index contributed by atoms with van der Waals surface area (Å²) in [5.41, 5.74) is 1.38. The van der Waals surface area contributed by atoms with Gasteiger partial charge in [0, 0.05) is 26.6 Å². The van der Waals surface area contributed by atoms with Gasteiger partial charge in [-0.1, -0.05) is 6.92 Å². The Bertz CT molecular complexity index is 671. The first-order valence-electron chi connectivity index (χ1n) is 7.39. The van der Waals surface area contributed by atoms with E-state index in [1.165, 1.54) is 0 Å². The second kappa shape index (κ2) is 5.40. The molecule has 0 aromatic carbocycles. The Kier molecular flexibility index (Phi) is 3.70. The molecule has 2 aromatic heterocycles. The first-order valence-corrected chi connectivity index (χ1v) is 7.39. The lowest BCUT2D eigenvalue weighted by Crippen LogP contribution is -2.39. The van der Waals surface area contributed by atoms with Gasteiger partial charge in [-0.2, -0.15) is 13.2 Å². The van der Waals surface area contributed by atoms with Crippen LogP contribution in [0.2, 0.25) is 0 Å². The number of aromatic nitrogens is 4. The van der Waals surface area contributed by atoms with E-state index in [1.807, 2.05) is 23.4 Å². The number of imidazole rings is 1. The predicted octanol–water partition coefficient (Wildman–Crippen LogP) is 2.70. The number of rotatable bonds is 2. The largest absolute Gasteiger partial charge is 0.391 e. The van der Waals surface area contributed by atoms with Gasteiger partial charge in [-0.15, -0.1) is 0 Å². The van der Waals surface area contributed by atoms with Gasteiger partial charge in [-0.05, 0) is 12.8 Å². The van der Waals surface area contributed by atoms with E-state index in [1.54, 1.807) is 6.33 Å². The van der Waals surface area contributed by atoms with E-state index < -0.39 is 12.1 Å². The number of hydrogen-bond donors (Lipinski definition) is 0. The topological polar surface area (TPSA) is 46.8 Å². The highest BCUT2D eigenvalue weighted by molar-refractivity contribution is 5.83. The standard InChI is InChI=1S/C14H18F3N5/c1-3-10-19-12-11(18-8-21(12)2)13(20-10)22-6-4-9(5-7-22)14(15,16)17/h8-9H,3-7H2,1-2H3. The van der Waals surface area contributed by atoms with Gasteiger partial charge in [0.05, 0.1) is 12.2 Å². The summed E-state index contributed by atoms with van der Waals surface area (Å²) >= 11 is 0. The maximum Gasteiger partial charge on any atom is 0.391 e. The van der Waals surface area contributed by atoms with Crippen LogP contribution in [0, 0.1) is 5.92 Å². The van der Waals surface area contributed by atoms with E-state index in [9.17, 15) is 13.2 Å². The molecule has 8 heteroatoms. The highest BCUT2D eigenvalue weighted by atomic mass is 19.4. The van der Waals surface area contributed by atoms with E-state index in [0.717, 1.165) is 5.65 Å². The second-order valence-corrected chi connectivity index (χ2v) is 5.65. The average molecular weight is 313 g/mol. The van der Waals surface area contributed by atoms with Crippen molar-refractivity contribution in [1.29, 1.82) is 0 Å². The van der Waals surface area contributed by atoms with Crippen LogP contribution in [0.3, 0.4) is 0 Å². The molecule has 1 aliphatic heterocycles. The van der Waals surface area contributed by atoms with Gasteiger partial charge in [0.2, 0.25) is 0 Å². The number of fused-ring (bicyclic) bond motifs is 1. The van der Waals surface area contributed by atoms with Crippen LogP contribution in [-0.4, -0.2) is 38.8 Å². The van der Waals surface area contributed by atoms with Gasteiger partial charge >= 0.3 is 6.18 Å². The molecule has 3 heterocycles. The molecule has 1 saturated heterocycles. The summed E-state index contributed by atoms with van der Waals surface area (Å²) in [6, 6.07) is 0. The quantitative estimate of drug-likeness (QED) is 0.855. The van der Waals surface area contributed by atoms with Crippen LogP contribution >= 0.6 is 0 Å².